The van der Waals surface area contributed by atoms with E-state index in [2.05, 4.69) is 29.4 Å². The fraction of sp³-hybridized carbons (Fsp3) is 0.818. The molecule has 0 saturated heterocycles. The van der Waals surface area contributed by atoms with Gasteiger partial charge in [0.1, 0.15) is 10.0 Å². The Labute approximate surface area is 95.3 Å². The van der Waals surface area contributed by atoms with Gasteiger partial charge >= 0.3 is 0 Å². The monoisotopic (exact) mass is 225 g/mol. The van der Waals surface area contributed by atoms with Gasteiger partial charge < -0.3 is 5.32 Å². The lowest BCUT2D eigenvalue weighted by molar-refractivity contribution is 0.649. The molecule has 15 heavy (non-hydrogen) atoms. The third kappa shape index (κ3) is 2.98. The minimum Gasteiger partial charge on any atom is -0.317 e. The Morgan fingerprint density at radius 3 is 2.93 bits per heavy atom. The Kier molecular flexibility index (Phi) is 3.70. The zero-order chi connectivity index (χ0) is 10.7. The maximum absolute atomic E-state index is 4.30. The van der Waals surface area contributed by atoms with Crippen molar-refractivity contribution in [3.8, 4) is 0 Å². The Hall–Kier alpha value is -0.480. The van der Waals surface area contributed by atoms with E-state index in [0.717, 1.165) is 25.4 Å². The van der Waals surface area contributed by atoms with Crippen LogP contribution in [0.5, 0.6) is 0 Å². The van der Waals surface area contributed by atoms with Crippen molar-refractivity contribution in [2.75, 3.05) is 13.1 Å². The molecule has 3 nitrogen and oxygen atoms in total. The lowest BCUT2D eigenvalue weighted by Gasteiger charge is -2.02. The second-order valence-electron chi connectivity index (χ2n) is 4.26. The summed E-state index contributed by atoms with van der Waals surface area (Å²) in [6.45, 7) is 6.46. The number of rotatable bonds is 6. The van der Waals surface area contributed by atoms with Crippen LogP contribution in [0.3, 0.4) is 0 Å². The van der Waals surface area contributed by atoms with Crippen LogP contribution < -0.4 is 5.32 Å². The molecule has 1 saturated carbocycles. The molecule has 1 aromatic rings. The number of hydrogen-bond acceptors (Lipinski definition) is 4. The van der Waals surface area contributed by atoms with Gasteiger partial charge in [-0.15, -0.1) is 21.5 Å². The molecule has 1 aromatic heterocycles. The lowest BCUT2D eigenvalue weighted by Crippen LogP contribution is -2.15. The predicted octanol–water partition coefficient (Wildman–Crippen LogP) is 2.20. The van der Waals surface area contributed by atoms with Crippen LogP contribution >= 0.6 is 11.3 Å². The highest BCUT2D eigenvalue weighted by molar-refractivity contribution is 7.11. The van der Waals surface area contributed by atoms with E-state index >= 15 is 0 Å². The molecule has 0 amide bonds. The van der Waals surface area contributed by atoms with Gasteiger partial charge in [-0.05, 0) is 25.3 Å². The van der Waals surface area contributed by atoms with Crippen LogP contribution in [0.1, 0.15) is 42.6 Å². The number of aromatic nitrogens is 2. The lowest BCUT2D eigenvalue weighted by atomic mass is 10.1. The van der Waals surface area contributed by atoms with Crippen molar-refractivity contribution in [3.05, 3.63) is 10.0 Å². The van der Waals surface area contributed by atoms with Gasteiger partial charge in [0.2, 0.25) is 0 Å². The van der Waals surface area contributed by atoms with Crippen molar-refractivity contribution >= 4 is 11.3 Å². The van der Waals surface area contributed by atoms with Crippen LogP contribution in [-0.2, 0) is 6.42 Å². The van der Waals surface area contributed by atoms with Crippen molar-refractivity contribution in [2.24, 2.45) is 5.92 Å². The standard InChI is InChI=1S/C11H19N3S/c1-3-12-7-6-10-13-14-11(15-10)8(2)9-4-5-9/h8-9,12H,3-7H2,1-2H3. The molecule has 0 aliphatic heterocycles. The zero-order valence-electron chi connectivity index (χ0n) is 9.49. The van der Waals surface area contributed by atoms with E-state index in [1.807, 2.05) is 0 Å². The molecule has 1 unspecified atom stereocenters. The summed E-state index contributed by atoms with van der Waals surface area (Å²) >= 11 is 1.80. The molecule has 0 bridgehead atoms. The van der Waals surface area contributed by atoms with Crippen LogP contribution in [0.4, 0.5) is 0 Å². The van der Waals surface area contributed by atoms with E-state index in [-0.39, 0.29) is 0 Å². The first-order valence-electron chi connectivity index (χ1n) is 5.84. The van der Waals surface area contributed by atoms with Crippen LogP contribution in [-0.4, -0.2) is 23.3 Å². The molecule has 0 radical (unpaired) electrons. The van der Waals surface area contributed by atoms with E-state index < -0.39 is 0 Å². The molecule has 0 aromatic carbocycles. The minimum absolute atomic E-state index is 0.635. The van der Waals surface area contributed by atoms with Gasteiger partial charge in [0.05, 0.1) is 0 Å². The molecule has 1 aliphatic carbocycles. The smallest absolute Gasteiger partial charge is 0.120 e. The molecular weight excluding hydrogens is 206 g/mol. The van der Waals surface area contributed by atoms with E-state index in [0.29, 0.717) is 5.92 Å². The summed E-state index contributed by atoms with van der Waals surface area (Å²) in [5.41, 5.74) is 0. The normalized spacial score (nSPS) is 18.0. The molecule has 1 fully saturated rings. The van der Waals surface area contributed by atoms with Crippen molar-refractivity contribution in [1.82, 2.24) is 15.5 Å². The Bertz CT molecular complexity index is 307. The van der Waals surface area contributed by atoms with Crippen LogP contribution in [0.25, 0.3) is 0 Å². The topological polar surface area (TPSA) is 37.8 Å². The third-order valence-corrected chi connectivity index (χ3v) is 4.15. The van der Waals surface area contributed by atoms with E-state index in [9.17, 15) is 0 Å². The molecule has 0 spiro atoms. The molecule has 1 aliphatic rings. The molecule has 1 atom stereocenters. The Morgan fingerprint density at radius 1 is 1.47 bits per heavy atom. The molecular formula is C11H19N3S. The minimum atomic E-state index is 0.635. The molecule has 2 rings (SSSR count). The van der Waals surface area contributed by atoms with Crippen molar-refractivity contribution in [1.29, 1.82) is 0 Å². The first-order valence-corrected chi connectivity index (χ1v) is 6.66. The molecule has 1 N–H and O–H groups in total. The number of nitrogens with one attached hydrogen (secondary N) is 1. The second kappa shape index (κ2) is 5.03. The van der Waals surface area contributed by atoms with E-state index in [1.165, 1.54) is 22.9 Å². The summed E-state index contributed by atoms with van der Waals surface area (Å²) in [6, 6.07) is 0. The second-order valence-corrected chi connectivity index (χ2v) is 5.36. The fourth-order valence-corrected chi connectivity index (χ4v) is 2.71. The largest absolute Gasteiger partial charge is 0.317 e. The quantitative estimate of drug-likeness (QED) is 0.754. The average molecular weight is 225 g/mol. The van der Waals surface area contributed by atoms with Gasteiger partial charge in [-0.1, -0.05) is 13.8 Å². The van der Waals surface area contributed by atoms with Crippen LogP contribution in [0.15, 0.2) is 0 Å². The summed E-state index contributed by atoms with van der Waals surface area (Å²) in [5.74, 6) is 1.52. The van der Waals surface area contributed by atoms with E-state index in [4.69, 9.17) is 0 Å². The summed E-state index contributed by atoms with van der Waals surface area (Å²) in [6.07, 6.45) is 3.78. The first kappa shape index (κ1) is 11.0. The highest BCUT2D eigenvalue weighted by atomic mass is 32.1. The summed E-state index contributed by atoms with van der Waals surface area (Å²) in [4.78, 5) is 0. The highest BCUT2D eigenvalue weighted by Gasteiger charge is 2.31. The molecule has 4 heteroatoms. The van der Waals surface area contributed by atoms with Gasteiger partial charge in [-0.25, -0.2) is 0 Å². The predicted molar refractivity (Wildman–Crippen MR) is 63.3 cm³/mol. The van der Waals surface area contributed by atoms with Crippen LogP contribution in [0, 0.1) is 5.92 Å². The number of likely N-dealkylation sites (N-methyl/N-ethyl adjacent to an activating group) is 1. The summed E-state index contributed by atoms with van der Waals surface area (Å²) < 4.78 is 0. The van der Waals surface area contributed by atoms with Gasteiger partial charge in [0, 0.05) is 18.9 Å². The van der Waals surface area contributed by atoms with E-state index in [1.54, 1.807) is 11.3 Å². The number of hydrogen-bond donors (Lipinski definition) is 1. The third-order valence-electron chi connectivity index (χ3n) is 2.97. The van der Waals surface area contributed by atoms with Gasteiger partial charge in [0.15, 0.2) is 0 Å². The van der Waals surface area contributed by atoms with Crippen LogP contribution in [0.2, 0.25) is 0 Å². The maximum Gasteiger partial charge on any atom is 0.120 e. The maximum atomic E-state index is 4.30. The average Bonchev–Trinajstić information content (AvgIpc) is 2.98. The zero-order valence-corrected chi connectivity index (χ0v) is 10.3. The fourth-order valence-electron chi connectivity index (χ4n) is 1.72. The summed E-state index contributed by atoms with van der Waals surface area (Å²) in [5, 5.41) is 14.3. The highest BCUT2D eigenvalue weighted by Crippen LogP contribution is 2.42. The number of nitrogens with zero attached hydrogens (tertiary/aromatic N) is 2. The van der Waals surface area contributed by atoms with Gasteiger partial charge in [0.25, 0.3) is 0 Å². The Morgan fingerprint density at radius 2 is 2.27 bits per heavy atom. The molecule has 84 valence electrons. The summed E-state index contributed by atoms with van der Waals surface area (Å²) in [7, 11) is 0. The van der Waals surface area contributed by atoms with Gasteiger partial charge in [-0.3, -0.25) is 0 Å². The van der Waals surface area contributed by atoms with Crippen molar-refractivity contribution in [3.63, 3.8) is 0 Å². The van der Waals surface area contributed by atoms with Crippen molar-refractivity contribution in [2.45, 2.75) is 39.0 Å². The van der Waals surface area contributed by atoms with Gasteiger partial charge in [-0.2, -0.15) is 0 Å². The Balaban J connectivity index is 1.85. The molecule has 1 heterocycles. The van der Waals surface area contributed by atoms with Crippen molar-refractivity contribution < 1.29 is 0 Å². The SMILES string of the molecule is CCNCCc1nnc(C(C)C2CC2)s1. The first-order chi connectivity index (χ1) is 7.31.